The summed E-state index contributed by atoms with van der Waals surface area (Å²) >= 11 is 0. The molecule has 0 aromatic heterocycles. The molecule has 1 rings (SSSR count). The van der Waals surface area contributed by atoms with E-state index in [4.69, 9.17) is 0 Å². The average molecular weight is 198 g/mol. The minimum absolute atomic E-state index is 0.329. The maximum atomic E-state index is 3.66. The Balaban J connectivity index is 2.64. The molecule has 14 heavy (non-hydrogen) atoms. The lowest BCUT2D eigenvalue weighted by Gasteiger charge is -2.47. The Morgan fingerprint density at radius 3 is 2.64 bits per heavy atom. The Kier molecular flexibility index (Phi) is 3.96. The molecule has 1 saturated heterocycles. The van der Waals surface area contributed by atoms with E-state index in [1.807, 2.05) is 0 Å². The van der Waals surface area contributed by atoms with Gasteiger partial charge in [-0.25, -0.2) is 0 Å². The molecule has 0 aromatic carbocycles. The van der Waals surface area contributed by atoms with E-state index < -0.39 is 0 Å². The molecule has 1 heterocycles. The predicted molar refractivity (Wildman–Crippen MR) is 62.6 cm³/mol. The van der Waals surface area contributed by atoms with E-state index in [1.54, 1.807) is 0 Å². The first kappa shape index (κ1) is 12.0. The van der Waals surface area contributed by atoms with E-state index in [0.29, 0.717) is 11.6 Å². The fraction of sp³-hybridized carbons (Fsp3) is 1.00. The molecule has 0 amide bonds. The molecule has 1 aliphatic heterocycles. The largest absolute Gasteiger partial charge is 0.309 e. The van der Waals surface area contributed by atoms with Gasteiger partial charge in [0, 0.05) is 30.7 Å². The van der Waals surface area contributed by atoms with E-state index >= 15 is 0 Å². The second kappa shape index (κ2) is 4.63. The van der Waals surface area contributed by atoms with Crippen molar-refractivity contribution in [2.75, 3.05) is 13.1 Å². The molecule has 1 aliphatic rings. The van der Waals surface area contributed by atoms with Crippen molar-refractivity contribution < 1.29 is 0 Å². The molecule has 3 atom stereocenters. The van der Waals surface area contributed by atoms with Gasteiger partial charge in [0.1, 0.15) is 0 Å². The molecule has 0 aliphatic carbocycles. The van der Waals surface area contributed by atoms with Gasteiger partial charge in [-0.1, -0.05) is 13.8 Å². The summed E-state index contributed by atoms with van der Waals surface area (Å²) in [6, 6.07) is 1.41. The van der Waals surface area contributed by atoms with Gasteiger partial charge in [-0.2, -0.15) is 0 Å². The monoisotopic (exact) mass is 198 g/mol. The van der Waals surface area contributed by atoms with Gasteiger partial charge in [-0.05, 0) is 33.6 Å². The number of nitrogens with one attached hydrogen (secondary N) is 1. The van der Waals surface area contributed by atoms with Gasteiger partial charge in [0.05, 0.1) is 0 Å². The van der Waals surface area contributed by atoms with Gasteiger partial charge in [-0.15, -0.1) is 0 Å². The molecule has 0 saturated carbocycles. The molecular weight excluding hydrogens is 172 g/mol. The minimum Gasteiger partial charge on any atom is -0.309 e. The molecule has 84 valence electrons. The summed E-state index contributed by atoms with van der Waals surface area (Å²) in [6.07, 6.45) is 2.47. The molecule has 0 bridgehead atoms. The first-order valence-electron chi connectivity index (χ1n) is 6.03. The lowest BCUT2D eigenvalue weighted by molar-refractivity contribution is 0.0586. The van der Waals surface area contributed by atoms with Crippen LogP contribution in [0.15, 0.2) is 0 Å². The van der Waals surface area contributed by atoms with Crippen LogP contribution >= 0.6 is 0 Å². The van der Waals surface area contributed by atoms with Crippen LogP contribution in [-0.4, -0.2) is 35.6 Å². The number of nitrogens with zero attached hydrogens (tertiary/aromatic N) is 1. The zero-order chi connectivity index (χ0) is 10.8. The second-order valence-corrected chi connectivity index (χ2v) is 5.07. The van der Waals surface area contributed by atoms with Crippen LogP contribution in [0.4, 0.5) is 0 Å². The lowest BCUT2D eigenvalue weighted by Crippen LogP contribution is -2.63. The first-order valence-corrected chi connectivity index (χ1v) is 6.03. The number of hydrogen-bond donors (Lipinski definition) is 1. The molecule has 2 heteroatoms. The molecule has 3 unspecified atom stereocenters. The molecule has 1 N–H and O–H groups in total. The van der Waals surface area contributed by atoms with Gasteiger partial charge >= 0.3 is 0 Å². The smallest absolute Gasteiger partial charge is 0.0278 e. The van der Waals surface area contributed by atoms with Crippen LogP contribution in [0, 0.1) is 0 Å². The van der Waals surface area contributed by atoms with E-state index in [0.717, 1.165) is 12.6 Å². The average Bonchev–Trinajstić information content (AvgIpc) is 2.21. The normalized spacial score (nSPS) is 37.1. The van der Waals surface area contributed by atoms with Crippen LogP contribution in [0.1, 0.15) is 47.5 Å². The lowest BCUT2D eigenvalue weighted by atomic mass is 9.92. The van der Waals surface area contributed by atoms with Crippen LogP contribution in [0.2, 0.25) is 0 Å². The Morgan fingerprint density at radius 2 is 2.14 bits per heavy atom. The molecular formula is C12H26N2. The van der Waals surface area contributed by atoms with Crippen LogP contribution in [0.5, 0.6) is 0 Å². The van der Waals surface area contributed by atoms with Gasteiger partial charge < -0.3 is 5.32 Å². The van der Waals surface area contributed by atoms with Gasteiger partial charge in [0.25, 0.3) is 0 Å². The molecule has 1 fully saturated rings. The number of rotatable bonds is 3. The molecule has 2 nitrogen and oxygen atoms in total. The highest BCUT2D eigenvalue weighted by Crippen LogP contribution is 2.21. The van der Waals surface area contributed by atoms with Crippen molar-refractivity contribution in [2.45, 2.75) is 65.1 Å². The standard InChI is InChI=1S/C12H26N2/c1-6-10(3)14-9-12(5,7-2)13-8-11(14)4/h10-11,13H,6-9H2,1-5H3. The van der Waals surface area contributed by atoms with Crippen molar-refractivity contribution in [1.82, 2.24) is 10.2 Å². The highest BCUT2D eigenvalue weighted by atomic mass is 15.3. The second-order valence-electron chi connectivity index (χ2n) is 5.07. The Morgan fingerprint density at radius 1 is 1.50 bits per heavy atom. The maximum absolute atomic E-state index is 3.66. The van der Waals surface area contributed by atoms with Crippen LogP contribution < -0.4 is 5.32 Å². The van der Waals surface area contributed by atoms with Crippen molar-refractivity contribution in [2.24, 2.45) is 0 Å². The number of piperazine rings is 1. The Hall–Kier alpha value is -0.0800. The fourth-order valence-electron chi connectivity index (χ4n) is 2.19. The SMILES string of the molecule is CCC(C)N1CC(C)(CC)NCC1C. The summed E-state index contributed by atoms with van der Waals surface area (Å²) in [6.45, 7) is 13.9. The third kappa shape index (κ3) is 2.48. The topological polar surface area (TPSA) is 15.3 Å². The third-order valence-electron chi connectivity index (χ3n) is 3.86. The first-order chi connectivity index (χ1) is 6.52. The van der Waals surface area contributed by atoms with Crippen LogP contribution in [0.3, 0.4) is 0 Å². The zero-order valence-electron chi connectivity index (χ0n) is 10.4. The van der Waals surface area contributed by atoms with Crippen molar-refractivity contribution >= 4 is 0 Å². The van der Waals surface area contributed by atoms with E-state index in [1.165, 1.54) is 19.4 Å². The van der Waals surface area contributed by atoms with Crippen molar-refractivity contribution in [3.8, 4) is 0 Å². The summed E-state index contributed by atoms with van der Waals surface area (Å²) < 4.78 is 0. The van der Waals surface area contributed by atoms with E-state index in [9.17, 15) is 0 Å². The van der Waals surface area contributed by atoms with E-state index in [2.05, 4.69) is 44.8 Å². The van der Waals surface area contributed by atoms with Crippen molar-refractivity contribution in [3.05, 3.63) is 0 Å². The predicted octanol–water partition coefficient (Wildman–Crippen LogP) is 2.25. The van der Waals surface area contributed by atoms with Crippen molar-refractivity contribution in [1.29, 1.82) is 0 Å². The summed E-state index contributed by atoms with van der Waals surface area (Å²) in [4.78, 5) is 2.65. The van der Waals surface area contributed by atoms with Gasteiger partial charge in [0.15, 0.2) is 0 Å². The van der Waals surface area contributed by atoms with Crippen molar-refractivity contribution in [3.63, 3.8) is 0 Å². The summed E-state index contributed by atoms with van der Waals surface area (Å²) in [7, 11) is 0. The summed E-state index contributed by atoms with van der Waals surface area (Å²) in [5, 5.41) is 3.66. The quantitative estimate of drug-likeness (QED) is 0.748. The maximum Gasteiger partial charge on any atom is 0.0278 e. The van der Waals surface area contributed by atoms with E-state index in [-0.39, 0.29) is 0 Å². The Labute approximate surface area is 89.1 Å². The van der Waals surface area contributed by atoms with Gasteiger partial charge in [-0.3, -0.25) is 4.90 Å². The molecule has 0 aromatic rings. The Bertz CT molecular complexity index is 177. The zero-order valence-corrected chi connectivity index (χ0v) is 10.4. The highest BCUT2D eigenvalue weighted by Gasteiger charge is 2.34. The summed E-state index contributed by atoms with van der Waals surface area (Å²) in [5.74, 6) is 0. The highest BCUT2D eigenvalue weighted by molar-refractivity contribution is 4.94. The third-order valence-corrected chi connectivity index (χ3v) is 3.86. The fourth-order valence-corrected chi connectivity index (χ4v) is 2.19. The number of hydrogen-bond acceptors (Lipinski definition) is 2. The van der Waals surface area contributed by atoms with Crippen LogP contribution in [-0.2, 0) is 0 Å². The van der Waals surface area contributed by atoms with Gasteiger partial charge in [0.2, 0.25) is 0 Å². The van der Waals surface area contributed by atoms with Crippen LogP contribution in [0.25, 0.3) is 0 Å². The molecule has 0 spiro atoms. The summed E-state index contributed by atoms with van der Waals surface area (Å²) in [5.41, 5.74) is 0.329. The minimum atomic E-state index is 0.329. The molecule has 0 radical (unpaired) electrons.